The van der Waals surface area contributed by atoms with Gasteiger partial charge in [0.05, 0.1) is 5.56 Å². The SMILES string of the molecule is Cc1ccnc(C[C@@H](C)N(C)C(=O)NCc2ccccc2C(F)(F)F)c1. The molecule has 1 atom stereocenters. The maximum atomic E-state index is 13.0. The summed E-state index contributed by atoms with van der Waals surface area (Å²) < 4.78 is 39.0. The minimum atomic E-state index is -4.45. The molecule has 0 aliphatic heterocycles. The van der Waals surface area contributed by atoms with Gasteiger partial charge in [0.15, 0.2) is 0 Å². The van der Waals surface area contributed by atoms with Gasteiger partial charge in [-0.2, -0.15) is 13.2 Å². The molecule has 0 aliphatic rings. The van der Waals surface area contributed by atoms with Crippen LogP contribution < -0.4 is 5.32 Å². The molecular formula is C19H22F3N3O. The van der Waals surface area contributed by atoms with Crippen molar-refractivity contribution in [1.29, 1.82) is 0 Å². The first-order valence-corrected chi connectivity index (χ1v) is 8.25. The van der Waals surface area contributed by atoms with E-state index in [0.717, 1.165) is 17.3 Å². The maximum absolute atomic E-state index is 13.0. The van der Waals surface area contributed by atoms with Gasteiger partial charge in [0.2, 0.25) is 0 Å². The lowest BCUT2D eigenvalue weighted by molar-refractivity contribution is -0.138. The molecule has 0 aliphatic carbocycles. The third-order valence-electron chi connectivity index (χ3n) is 4.21. The lowest BCUT2D eigenvalue weighted by atomic mass is 10.1. The quantitative estimate of drug-likeness (QED) is 0.864. The van der Waals surface area contributed by atoms with E-state index in [1.54, 1.807) is 13.2 Å². The zero-order valence-corrected chi connectivity index (χ0v) is 15.0. The Labute approximate surface area is 151 Å². The number of halogens is 3. The number of benzene rings is 1. The Morgan fingerprint density at radius 1 is 1.27 bits per heavy atom. The fourth-order valence-electron chi connectivity index (χ4n) is 2.60. The zero-order valence-electron chi connectivity index (χ0n) is 15.0. The topological polar surface area (TPSA) is 45.2 Å². The number of nitrogens with zero attached hydrogens (tertiary/aromatic N) is 2. The van der Waals surface area contributed by atoms with Crippen molar-refractivity contribution in [2.75, 3.05) is 7.05 Å². The van der Waals surface area contributed by atoms with E-state index in [2.05, 4.69) is 10.3 Å². The second-order valence-electron chi connectivity index (χ2n) is 6.30. The Bertz CT molecular complexity index is 762. The van der Waals surface area contributed by atoms with Crippen molar-refractivity contribution in [2.24, 2.45) is 0 Å². The Kier molecular flexibility index (Phi) is 6.23. The lowest BCUT2D eigenvalue weighted by Gasteiger charge is -2.25. The molecule has 0 saturated carbocycles. The van der Waals surface area contributed by atoms with Gasteiger partial charge >= 0.3 is 12.2 Å². The number of urea groups is 1. The fraction of sp³-hybridized carbons (Fsp3) is 0.368. The molecule has 1 aromatic carbocycles. The van der Waals surface area contributed by atoms with Crippen LogP contribution in [0.4, 0.5) is 18.0 Å². The van der Waals surface area contributed by atoms with Crippen molar-refractivity contribution >= 4 is 6.03 Å². The Morgan fingerprint density at radius 3 is 2.62 bits per heavy atom. The average Bonchev–Trinajstić information content (AvgIpc) is 2.58. The largest absolute Gasteiger partial charge is 0.416 e. The summed E-state index contributed by atoms with van der Waals surface area (Å²) in [5.41, 5.74) is 1.24. The number of aryl methyl sites for hydroxylation is 1. The fourth-order valence-corrected chi connectivity index (χ4v) is 2.60. The molecule has 1 heterocycles. The van der Waals surface area contributed by atoms with E-state index >= 15 is 0 Å². The molecule has 0 radical (unpaired) electrons. The first-order chi connectivity index (χ1) is 12.2. The highest BCUT2D eigenvalue weighted by Gasteiger charge is 2.32. The van der Waals surface area contributed by atoms with Gasteiger partial charge < -0.3 is 10.2 Å². The van der Waals surface area contributed by atoms with Crippen LogP contribution in [0.1, 0.15) is 29.3 Å². The van der Waals surface area contributed by atoms with Gasteiger partial charge in [-0.1, -0.05) is 18.2 Å². The van der Waals surface area contributed by atoms with E-state index in [-0.39, 0.29) is 18.2 Å². The van der Waals surface area contributed by atoms with Crippen LogP contribution in [0, 0.1) is 6.92 Å². The van der Waals surface area contributed by atoms with Crippen molar-refractivity contribution in [3.8, 4) is 0 Å². The van der Waals surface area contributed by atoms with Crippen LogP contribution in [0.25, 0.3) is 0 Å². The minimum absolute atomic E-state index is 0.0368. The standard InChI is InChI=1S/C19H22F3N3O/c1-13-8-9-23-16(10-13)11-14(2)25(3)18(26)24-12-15-6-4-5-7-17(15)19(20,21)22/h4-10,14H,11-12H2,1-3H3,(H,24,26)/t14-/m1/s1. The second-order valence-corrected chi connectivity index (χ2v) is 6.30. The summed E-state index contributed by atoms with van der Waals surface area (Å²) in [6, 6.07) is 8.48. The van der Waals surface area contributed by atoms with Gasteiger partial charge in [-0.05, 0) is 43.2 Å². The highest BCUT2D eigenvalue weighted by molar-refractivity contribution is 5.74. The van der Waals surface area contributed by atoms with Crippen LogP contribution in [0.5, 0.6) is 0 Å². The number of aromatic nitrogens is 1. The molecule has 26 heavy (non-hydrogen) atoms. The van der Waals surface area contributed by atoms with Gasteiger partial charge in [0, 0.05) is 37.9 Å². The van der Waals surface area contributed by atoms with E-state index in [0.29, 0.717) is 6.42 Å². The normalized spacial score (nSPS) is 12.5. The van der Waals surface area contributed by atoms with Gasteiger partial charge in [0.1, 0.15) is 0 Å². The summed E-state index contributed by atoms with van der Waals surface area (Å²) in [6.45, 7) is 3.64. The van der Waals surface area contributed by atoms with Crippen molar-refractivity contribution < 1.29 is 18.0 Å². The predicted molar refractivity (Wildman–Crippen MR) is 93.6 cm³/mol. The summed E-state index contributed by atoms with van der Waals surface area (Å²) in [5.74, 6) is 0. The molecule has 140 valence electrons. The van der Waals surface area contributed by atoms with Crippen molar-refractivity contribution in [3.63, 3.8) is 0 Å². The van der Waals surface area contributed by atoms with Gasteiger partial charge in [-0.15, -0.1) is 0 Å². The van der Waals surface area contributed by atoms with E-state index in [1.807, 2.05) is 26.0 Å². The Morgan fingerprint density at radius 2 is 1.96 bits per heavy atom. The smallest absolute Gasteiger partial charge is 0.334 e. The molecule has 4 nitrogen and oxygen atoms in total. The molecule has 0 unspecified atom stereocenters. The predicted octanol–water partition coefficient (Wildman–Crippen LogP) is 4.18. The van der Waals surface area contributed by atoms with Crippen LogP contribution in [0.2, 0.25) is 0 Å². The summed E-state index contributed by atoms with van der Waals surface area (Å²) in [4.78, 5) is 18.0. The molecule has 0 bridgehead atoms. The molecule has 1 N–H and O–H groups in total. The van der Waals surface area contributed by atoms with Crippen LogP contribution in [-0.4, -0.2) is 29.0 Å². The third kappa shape index (κ3) is 5.21. The number of carbonyl (C=O) groups is 1. The maximum Gasteiger partial charge on any atom is 0.416 e. The summed E-state index contributed by atoms with van der Waals surface area (Å²) in [7, 11) is 1.62. The highest BCUT2D eigenvalue weighted by atomic mass is 19.4. The summed E-state index contributed by atoms with van der Waals surface area (Å²) in [6.07, 6.45) is -2.17. The van der Waals surface area contributed by atoms with E-state index in [1.165, 1.54) is 23.1 Å². The summed E-state index contributed by atoms with van der Waals surface area (Å²) >= 11 is 0. The number of amides is 2. The monoisotopic (exact) mass is 365 g/mol. The first kappa shape index (κ1) is 19.8. The molecule has 2 aromatic rings. The van der Waals surface area contributed by atoms with E-state index in [9.17, 15) is 18.0 Å². The highest BCUT2D eigenvalue weighted by Crippen LogP contribution is 2.31. The Balaban J connectivity index is 1.97. The minimum Gasteiger partial charge on any atom is -0.334 e. The number of rotatable bonds is 5. The molecular weight excluding hydrogens is 343 g/mol. The van der Waals surface area contributed by atoms with Crippen LogP contribution in [-0.2, 0) is 19.1 Å². The van der Waals surface area contributed by atoms with Crippen molar-refractivity contribution in [1.82, 2.24) is 15.2 Å². The molecule has 0 spiro atoms. The number of likely N-dealkylation sites (N-methyl/N-ethyl adjacent to an activating group) is 1. The number of hydrogen-bond donors (Lipinski definition) is 1. The molecule has 2 amide bonds. The third-order valence-corrected chi connectivity index (χ3v) is 4.21. The van der Waals surface area contributed by atoms with E-state index in [4.69, 9.17) is 0 Å². The molecule has 0 fully saturated rings. The Hall–Kier alpha value is -2.57. The first-order valence-electron chi connectivity index (χ1n) is 8.25. The average molecular weight is 365 g/mol. The number of hydrogen-bond acceptors (Lipinski definition) is 2. The second kappa shape index (κ2) is 8.21. The van der Waals surface area contributed by atoms with Gasteiger partial charge in [-0.25, -0.2) is 4.79 Å². The lowest BCUT2D eigenvalue weighted by Crippen LogP contribution is -2.43. The van der Waals surface area contributed by atoms with E-state index < -0.39 is 17.8 Å². The number of carbonyl (C=O) groups excluding carboxylic acids is 1. The molecule has 7 heteroatoms. The molecule has 1 aromatic heterocycles. The summed E-state index contributed by atoms with van der Waals surface area (Å²) in [5, 5.41) is 2.56. The van der Waals surface area contributed by atoms with Crippen molar-refractivity contribution in [2.45, 2.75) is 39.0 Å². The number of pyridine rings is 1. The molecule has 2 rings (SSSR count). The van der Waals surface area contributed by atoms with Crippen LogP contribution >= 0.6 is 0 Å². The zero-order chi connectivity index (χ0) is 19.3. The van der Waals surface area contributed by atoms with Crippen LogP contribution in [0.15, 0.2) is 42.6 Å². The number of nitrogens with one attached hydrogen (secondary N) is 1. The molecule has 0 saturated heterocycles. The van der Waals surface area contributed by atoms with Gasteiger partial charge in [-0.3, -0.25) is 4.98 Å². The van der Waals surface area contributed by atoms with Crippen LogP contribution in [0.3, 0.4) is 0 Å². The van der Waals surface area contributed by atoms with Crippen molar-refractivity contribution in [3.05, 3.63) is 65.0 Å². The number of alkyl halides is 3. The van der Waals surface area contributed by atoms with Gasteiger partial charge in [0.25, 0.3) is 0 Å².